The number of carbonyl (C=O) groups is 1. The van der Waals surface area contributed by atoms with Gasteiger partial charge in [-0.2, -0.15) is 0 Å². The van der Waals surface area contributed by atoms with E-state index in [1.165, 1.54) is 35.2 Å². The molecule has 0 saturated heterocycles. The molecule has 2 aromatic rings. The Morgan fingerprint density at radius 3 is 2.77 bits per heavy atom. The number of hydrogen-bond donors (Lipinski definition) is 2. The quantitative estimate of drug-likeness (QED) is 0.614. The van der Waals surface area contributed by atoms with Crippen molar-refractivity contribution in [3.63, 3.8) is 0 Å². The second kappa shape index (κ2) is 8.70. The number of halogens is 1. The fourth-order valence-corrected chi connectivity index (χ4v) is 5.34. The molecule has 160 valence electrons. The average molecular weight is 475 g/mol. The largest absolute Gasteiger partial charge is 0.337 e. The van der Waals surface area contributed by atoms with E-state index >= 15 is 0 Å². The van der Waals surface area contributed by atoms with Gasteiger partial charge in [-0.05, 0) is 35.9 Å². The van der Waals surface area contributed by atoms with Gasteiger partial charge >= 0.3 is 0 Å². The maximum Gasteiger partial charge on any atom is 0.264 e. The highest BCUT2D eigenvalue weighted by molar-refractivity contribution is 7.97. The molecule has 0 unspecified atom stereocenters. The number of hydrogen-bond acceptors (Lipinski definition) is 6. The first kappa shape index (κ1) is 21.4. The molecule has 0 radical (unpaired) electrons. The fourth-order valence-electron chi connectivity index (χ4n) is 3.18. The maximum absolute atomic E-state index is 13.1. The van der Waals surface area contributed by atoms with Crippen LogP contribution in [0.15, 0.2) is 83.7 Å². The zero-order chi connectivity index (χ0) is 22.0. The minimum absolute atomic E-state index is 0.0958. The van der Waals surface area contributed by atoms with E-state index < -0.39 is 10.0 Å². The van der Waals surface area contributed by atoms with Gasteiger partial charge in [0.15, 0.2) is 0 Å². The van der Waals surface area contributed by atoms with E-state index in [0.717, 1.165) is 5.56 Å². The summed E-state index contributed by atoms with van der Waals surface area (Å²) in [4.78, 5) is 14.8. The fraction of sp³-hybridized carbons (Fsp3) is 0.0952. The monoisotopic (exact) mass is 474 g/mol. The number of allylic oxidation sites excluding steroid dienone is 2. The van der Waals surface area contributed by atoms with Crippen LogP contribution in [0.1, 0.15) is 15.9 Å². The van der Waals surface area contributed by atoms with Gasteiger partial charge < -0.3 is 9.62 Å². The van der Waals surface area contributed by atoms with Gasteiger partial charge in [-0.3, -0.25) is 13.8 Å². The Labute approximate surface area is 190 Å². The number of fused-ring (bicyclic) bond motifs is 1. The number of benzene rings is 2. The van der Waals surface area contributed by atoms with Crippen LogP contribution >= 0.6 is 23.7 Å². The van der Waals surface area contributed by atoms with Crippen LogP contribution in [-0.4, -0.2) is 30.6 Å². The summed E-state index contributed by atoms with van der Waals surface area (Å²) in [6, 6.07) is 14.0. The smallest absolute Gasteiger partial charge is 0.264 e. The van der Waals surface area contributed by atoms with E-state index in [1.807, 2.05) is 30.3 Å². The van der Waals surface area contributed by atoms with E-state index in [1.54, 1.807) is 35.9 Å². The van der Waals surface area contributed by atoms with Crippen molar-refractivity contribution < 1.29 is 13.2 Å². The molecule has 2 aromatic carbocycles. The second-order valence-electron chi connectivity index (χ2n) is 6.88. The van der Waals surface area contributed by atoms with Crippen LogP contribution in [0.4, 0.5) is 5.69 Å². The Morgan fingerprint density at radius 2 is 2.00 bits per heavy atom. The van der Waals surface area contributed by atoms with Crippen LogP contribution in [0, 0.1) is 0 Å². The topological polar surface area (TPSA) is 81.8 Å². The van der Waals surface area contributed by atoms with Crippen molar-refractivity contribution in [1.29, 1.82) is 0 Å². The van der Waals surface area contributed by atoms with Crippen LogP contribution < -0.4 is 9.44 Å². The second-order valence-corrected chi connectivity index (χ2v) is 9.78. The number of nitrogens with zero attached hydrogens (tertiary/aromatic N) is 2. The number of carbonyl (C=O) groups excluding carboxylic acids is 1. The lowest BCUT2D eigenvalue weighted by Crippen LogP contribution is -2.28. The van der Waals surface area contributed by atoms with Crippen LogP contribution in [0.3, 0.4) is 0 Å². The highest BCUT2D eigenvalue weighted by Gasteiger charge is 2.30. The predicted octanol–water partition coefficient (Wildman–Crippen LogP) is 4.07. The molecule has 2 aliphatic rings. The molecule has 0 bridgehead atoms. The van der Waals surface area contributed by atoms with Crippen LogP contribution in [0.2, 0.25) is 5.02 Å². The molecule has 31 heavy (non-hydrogen) atoms. The highest BCUT2D eigenvalue weighted by Crippen LogP contribution is 2.34. The number of nitrogens with one attached hydrogen (secondary N) is 2. The third-order valence-electron chi connectivity index (χ3n) is 4.66. The zero-order valence-electron chi connectivity index (χ0n) is 16.4. The van der Waals surface area contributed by atoms with Gasteiger partial charge in [-0.25, -0.2) is 8.42 Å². The first-order valence-electron chi connectivity index (χ1n) is 9.28. The Balaban J connectivity index is 1.62. The van der Waals surface area contributed by atoms with E-state index in [9.17, 15) is 13.2 Å². The highest BCUT2D eigenvalue weighted by atomic mass is 35.5. The summed E-state index contributed by atoms with van der Waals surface area (Å²) >= 11 is 7.38. The van der Waals surface area contributed by atoms with Crippen LogP contribution in [-0.2, 0) is 16.6 Å². The molecule has 1 amide bonds. The summed E-state index contributed by atoms with van der Waals surface area (Å²) in [6.45, 7) is 0.374. The first-order chi connectivity index (χ1) is 14.8. The van der Waals surface area contributed by atoms with Gasteiger partial charge in [-0.1, -0.05) is 41.9 Å². The molecule has 10 heteroatoms. The minimum Gasteiger partial charge on any atom is -0.337 e. The number of amides is 1. The summed E-state index contributed by atoms with van der Waals surface area (Å²) < 4.78 is 33.5. The Morgan fingerprint density at radius 1 is 1.23 bits per heavy atom. The third kappa shape index (κ3) is 4.58. The molecular formula is C21H19ClN4O3S2. The van der Waals surface area contributed by atoms with E-state index in [4.69, 9.17) is 11.6 Å². The number of anilines is 1. The minimum atomic E-state index is -3.96. The van der Waals surface area contributed by atoms with Gasteiger partial charge in [0.05, 0.1) is 29.1 Å². The van der Waals surface area contributed by atoms with Crippen molar-refractivity contribution in [2.75, 3.05) is 11.8 Å². The number of rotatable bonds is 6. The van der Waals surface area contributed by atoms with Gasteiger partial charge in [-0.15, -0.1) is 0 Å². The standard InChI is InChI=1S/C21H19ClN4O3S2/c1-25(14-15-6-3-2-4-7-15)21(27)17-12-16(22)9-10-18(17)24-31(28,29)20-8-5-11-26-19(20)13-23-30-26/h2-13,23-24H,14H2,1H3. The van der Waals surface area contributed by atoms with E-state index in [2.05, 4.69) is 9.44 Å². The molecule has 0 spiro atoms. The Bertz CT molecular complexity index is 1210. The summed E-state index contributed by atoms with van der Waals surface area (Å²) in [6.07, 6.45) is 6.52. The molecule has 0 aromatic heterocycles. The van der Waals surface area contributed by atoms with Crippen molar-refractivity contribution in [2.45, 2.75) is 6.54 Å². The summed E-state index contributed by atoms with van der Waals surface area (Å²) in [5.41, 5.74) is 1.80. The molecule has 7 nitrogen and oxygen atoms in total. The maximum atomic E-state index is 13.1. The molecule has 0 atom stereocenters. The van der Waals surface area contributed by atoms with Crippen LogP contribution in [0.5, 0.6) is 0 Å². The van der Waals surface area contributed by atoms with Gasteiger partial charge in [0, 0.05) is 31.0 Å². The van der Waals surface area contributed by atoms with E-state index in [0.29, 0.717) is 17.3 Å². The molecular weight excluding hydrogens is 456 g/mol. The lowest BCUT2D eigenvalue weighted by atomic mass is 10.1. The normalized spacial score (nSPS) is 15.0. The Hall–Kier alpha value is -2.88. The molecule has 2 heterocycles. The lowest BCUT2D eigenvalue weighted by molar-refractivity contribution is 0.0786. The summed E-state index contributed by atoms with van der Waals surface area (Å²) in [7, 11) is -2.30. The lowest BCUT2D eigenvalue weighted by Gasteiger charge is -2.22. The molecule has 2 aliphatic heterocycles. The van der Waals surface area contributed by atoms with Crippen molar-refractivity contribution >= 4 is 45.4 Å². The predicted molar refractivity (Wildman–Crippen MR) is 124 cm³/mol. The molecule has 0 fully saturated rings. The molecule has 0 saturated carbocycles. The SMILES string of the molecule is CN(Cc1ccccc1)C(=O)c1cc(Cl)ccc1NS(=O)(=O)C1=CC=CN2SNC=C12. The van der Waals surface area contributed by atoms with Crippen LogP contribution in [0.25, 0.3) is 0 Å². The first-order valence-corrected chi connectivity index (χ1v) is 11.9. The van der Waals surface area contributed by atoms with Gasteiger partial charge in [0.1, 0.15) is 4.91 Å². The van der Waals surface area contributed by atoms with Gasteiger partial charge in [0.25, 0.3) is 15.9 Å². The van der Waals surface area contributed by atoms with Crippen molar-refractivity contribution in [2.24, 2.45) is 0 Å². The Kier molecular flexibility index (Phi) is 5.99. The summed E-state index contributed by atoms with van der Waals surface area (Å²) in [5, 5.41) is 0.338. The van der Waals surface area contributed by atoms with Gasteiger partial charge in [0.2, 0.25) is 0 Å². The summed E-state index contributed by atoms with van der Waals surface area (Å²) in [5.74, 6) is -0.347. The van der Waals surface area contributed by atoms with E-state index in [-0.39, 0.29) is 22.1 Å². The van der Waals surface area contributed by atoms with Crippen molar-refractivity contribution in [3.05, 3.63) is 99.8 Å². The van der Waals surface area contributed by atoms with Crippen molar-refractivity contribution in [3.8, 4) is 0 Å². The number of sulfonamides is 1. The molecule has 4 rings (SSSR count). The van der Waals surface area contributed by atoms with Crippen molar-refractivity contribution in [1.82, 2.24) is 13.9 Å². The average Bonchev–Trinajstić information content (AvgIpc) is 3.24. The molecule has 2 N–H and O–H groups in total. The zero-order valence-corrected chi connectivity index (χ0v) is 18.8. The third-order valence-corrected chi connectivity index (χ3v) is 7.05. The molecule has 0 aliphatic carbocycles.